The quantitative estimate of drug-likeness (QED) is 0.540. The molecule has 7 nitrogen and oxygen atoms in total. The van der Waals surface area contributed by atoms with Gasteiger partial charge in [-0.1, -0.05) is 6.07 Å². The van der Waals surface area contributed by atoms with E-state index in [4.69, 9.17) is 4.74 Å². The first-order valence-electron chi connectivity index (χ1n) is 10.4. The second kappa shape index (κ2) is 9.64. The number of aryl methyl sites for hydroxylation is 1. The molecule has 1 aliphatic rings. The summed E-state index contributed by atoms with van der Waals surface area (Å²) in [7, 11) is 0. The Hall–Kier alpha value is -4.01. The number of aromatic nitrogens is 1. The van der Waals surface area contributed by atoms with E-state index in [1.807, 2.05) is 6.07 Å². The van der Waals surface area contributed by atoms with Crippen molar-refractivity contribution < 1.29 is 23.1 Å². The number of nitrogens with zero attached hydrogens (tertiary/aromatic N) is 1. The number of benzene rings is 2. The van der Waals surface area contributed by atoms with E-state index in [-0.39, 0.29) is 35.8 Å². The minimum Gasteiger partial charge on any atom is -0.492 e. The van der Waals surface area contributed by atoms with Crippen LogP contribution in [0.5, 0.6) is 5.75 Å². The second-order valence-corrected chi connectivity index (χ2v) is 7.59. The Labute approximate surface area is 189 Å². The first kappa shape index (κ1) is 22.2. The van der Waals surface area contributed by atoms with E-state index in [0.29, 0.717) is 23.4 Å². The predicted molar refractivity (Wildman–Crippen MR) is 118 cm³/mol. The van der Waals surface area contributed by atoms with Crippen LogP contribution in [0.25, 0.3) is 0 Å². The summed E-state index contributed by atoms with van der Waals surface area (Å²) in [6, 6.07) is 10.9. The zero-order valence-corrected chi connectivity index (χ0v) is 17.8. The zero-order chi connectivity index (χ0) is 23.4. The van der Waals surface area contributed by atoms with Gasteiger partial charge in [0.2, 0.25) is 0 Å². The fraction of sp³-hybridized carbons (Fsp3) is 0.208. The Bertz CT molecular complexity index is 1190. The van der Waals surface area contributed by atoms with Crippen molar-refractivity contribution in [2.24, 2.45) is 0 Å². The normalized spacial score (nSPS) is 14.6. The maximum absolute atomic E-state index is 14.8. The van der Waals surface area contributed by atoms with Crippen LogP contribution in [0, 0.1) is 18.6 Å². The molecule has 4 rings (SSSR count). The standard InChI is InChI=1S/C24H22F2N4O3/c1-14-12-15(5-7-18(14)25)29-23(31)17-6-8-19(26)21-20(9-11-33-22(17)21)30-24(32)28-13-16-4-2-3-10-27-16/h2-8,10,12,20H,9,11,13H2,1H3,(H,29,31)(H2,28,30,32)/t20-/m0/s1. The Morgan fingerprint density at radius 1 is 1.12 bits per heavy atom. The van der Waals surface area contributed by atoms with Crippen LogP contribution in [0.15, 0.2) is 54.7 Å². The zero-order valence-electron chi connectivity index (χ0n) is 17.8. The number of amides is 3. The topological polar surface area (TPSA) is 92.4 Å². The summed E-state index contributed by atoms with van der Waals surface area (Å²) in [5.41, 5.74) is 1.69. The number of nitrogens with one attached hydrogen (secondary N) is 3. The van der Waals surface area contributed by atoms with Crippen molar-refractivity contribution in [2.75, 3.05) is 11.9 Å². The summed E-state index contributed by atoms with van der Waals surface area (Å²) in [6.45, 7) is 1.99. The Morgan fingerprint density at radius 2 is 1.94 bits per heavy atom. The first-order chi connectivity index (χ1) is 15.9. The number of hydrogen-bond acceptors (Lipinski definition) is 4. The molecule has 0 saturated carbocycles. The Balaban J connectivity index is 1.51. The number of halogens is 2. The van der Waals surface area contributed by atoms with E-state index in [9.17, 15) is 18.4 Å². The van der Waals surface area contributed by atoms with Gasteiger partial charge in [0.25, 0.3) is 5.91 Å². The molecule has 0 radical (unpaired) electrons. The third kappa shape index (κ3) is 5.08. The van der Waals surface area contributed by atoms with Crippen LogP contribution in [-0.4, -0.2) is 23.5 Å². The highest BCUT2D eigenvalue weighted by molar-refractivity contribution is 6.06. The largest absolute Gasteiger partial charge is 0.492 e. The number of pyridine rings is 1. The van der Waals surface area contributed by atoms with Crippen molar-refractivity contribution >= 4 is 17.6 Å². The molecule has 3 amide bonds. The lowest BCUT2D eigenvalue weighted by Gasteiger charge is -2.28. The van der Waals surface area contributed by atoms with Crippen molar-refractivity contribution in [3.05, 3.63) is 88.7 Å². The Morgan fingerprint density at radius 3 is 2.70 bits per heavy atom. The number of fused-ring (bicyclic) bond motifs is 1. The molecule has 0 spiro atoms. The number of hydrogen-bond donors (Lipinski definition) is 3. The molecular formula is C24H22F2N4O3. The average Bonchev–Trinajstić information content (AvgIpc) is 2.81. The van der Waals surface area contributed by atoms with E-state index in [1.165, 1.54) is 30.3 Å². The maximum Gasteiger partial charge on any atom is 0.315 e. The average molecular weight is 452 g/mol. The lowest BCUT2D eigenvalue weighted by Crippen LogP contribution is -2.40. The second-order valence-electron chi connectivity index (χ2n) is 7.59. The summed E-state index contributed by atoms with van der Waals surface area (Å²) in [5.74, 6) is -1.43. The number of carbonyl (C=O) groups is 2. The van der Waals surface area contributed by atoms with Crippen molar-refractivity contribution in [1.29, 1.82) is 0 Å². The van der Waals surface area contributed by atoms with Gasteiger partial charge in [-0.15, -0.1) is 0 Å². The minimum absolute atomic E-state index is 0.0765. The minimum atomic E-state index is -0.682. The molecular weight excluding hydrogens is 430 g/mol. The van der Waals surface area contributed by atoms with Gasteiger partial charge in [0, 0.05) is 18.3 Å². The van der Waals surface area contributed by atoms with Gasteiger partial charge in [0.05, 0.1) is 36.0 Å². The summed E-state index contributed by atoms with van der Waals surface area (Å²) < 4.78 is 33.9. The fourth-order valence-electron chi connectivity index (χ4n) is 3.61. The highest BCUT2D eigenvalue weighted by Crippen LogP contribution is 2.37. The van der Waals surface area contributed by atoms with Gasteiger partial charge in [0.1, 0.15) is 17.4 Å². The van der Waals surface area contributed by atoms with Crippen molar-refractivity contribution in [2.45, 2.75) is 25.9 Å². The lowest BCUT2D eigenvalue weighted by atomic mass is 9.96. The molecule has 1 atom stereocenters. The molecule has 9 heteroatoms. The van der Waals surface area contributed by atoms with Gasteiger partial charge in [0.15, 0.2) is 0 Å². The number of ether oxygens (including phenoxy) is 1. The first-order valence-corrected chi connectivity index (χ1v) is 10.4. The molecule has 0 bridgehead atoms. The number of anilines is 1. The van der Waals surface area contributed by atoms with Gasteiger partial charge >= 0.3 is 6.03 Å². The van der Waals surface area contributed by atoms with Gasteiger partial charge in [-0.3, -0.25) is 9.78 Å². The summed E-state index contributed by atoms with van der Waals surface area (Å²) >= 11 is 0. The SMILES string of the molecule is Cc1cc(NC(=O)c2ccc(F)c3c2OCC[C@@H]3NC(=O)NCc2ccccn2)ccc1F. The number of rotatable bonds is 5. The molecule has 3 N–H and O–H groups in total. The third-order valence-corrected chi connectivity index (χ3v) is 5.27. The van der Waals surface area contributed by atoms with Crippen LogP contribution in [0.1, 0.15) is 39.6 Å². The summed E-state index contributed by atoms with van der Waals surface area (Å²) in [5, 5.41) is 8.11. The van der Waals surface area contributed by atoms with Crippen molar-refractivity contribution in [1.82, 2.24) is 15.6 Å². The Kier molecular flexibility index (Phi) is 6.48. The van der Waals surface area contributed by atoms with E-state index < -0.39 is 23.8 Å². The molecule has 33 heavy (non-hydrogen) atoms. The molecule has 3 aromatic rings. The van der Waals surface area contributed by atoms with E-state index in [2.05, 4.69) is 20.9 Å². The predicted octanol–water partition coefficient (Wildman–Crippen LogP) is 4.24. The monoisotopic (exact) mass is 452 g/mol. The van der Waals surface area contributed by atoms with Crippen molar-refractivity contribution in [3.63, 3.8) is 0 Å². The number of urea groups is 1. The highest BCUT2D eigenvalue weighted by Gasteiger charge is 2.30. The van der Waals surface area contributed by atoms with Crippen LogP contribution in [0.4, 0.5) is 19.3 Å². The number of carbonyl (C=O) groups excluding carboxylic acids is 2. The molecule has 2 heterocycles. The molecule has 0 unspecified atom stereocenters. The van der Waals surface area contributed by atoms with Crippen LogP contribution < -0.4 is 20.7 Å². The molecule has 1 aliphatic heterocycles. The highest BCUT2D eigenvalue weighted by atomic mass is 19.1. The van der Waals surface area contributed by atoms with Crippen LogP contribution >= 0.6 is 0 Å². The van der Waals surface area contributed by atoms with Crippen LogP contribution in [0.3, 0.4) is 0 Å². The van der Waals surface area contributed by atoms with E-state index in [1.54, 1.807) is 25.3 Å². The third-order valence-electron chi connectivity index (χ3n) is 5.27. The van der Waals surface area contributed by atoms with Gasteiger partial charge in [-0.05, 0) is 55.0 Å². The summed E-state index contributed by atoms with van der Waals surface area (Å²) in [4.78, 5) is 29.4. The lowest BCUT2D eigenvalue weighted by molar-refractivity contribution is 0.102. The molecule has 0 saturated heterocycles. The molecule has 2 aromatic carbocycles. The van der Waals surface area contributed by atoms with Gasteiger partial charge in [-0.25, -0.2) is 13.6 Å². The summed E-state index contributed by atoms with van der Waals surface area (Å²) in [6.07, 6.45) is 1.96. The molecule has 0 fully saturated rings. The fourth-order valence-corrected chi connectivity index (χ4v) is 3.61. The molecule has 1 aromatic heterocycles. The van der Waals surface area contributed by atoms with Crippen LogP contribution in [-0.2, 0) is 6.54 Å². The van der Waals surface area contributed by atoms with Crippen LogP contribution in [0.2, 0.25) is 0 Å². The van der Waals surface area contributed by atoms with Gasteiger partial charge < -0.3 is 20.7 Å². The van der Waals surface area contributed by atoms with Gasteiger partial charge in [-0.2, -0.15) is 0 Å². The molecule has 0 aliphatic carbocycles. The van der Waals surface area contributed by atoms with E-state index >= 15 is 0 Å². The molecule has 170 valence electrons. The van der Waals surface area contributed by atoms with E-state index in [0.717, 1.165) is 0 Å². The smallest absolute Gasteiger partial charge is 0.315 e. The maximum atomic E-state index is 14.8. The van der Waals surface area contributed by atoms with Crippen molar-refractivity contribution in [3.8, 4) is 5.75 Å².